The predicted octanol–water partition coefficient (Wildman–Crippen LogP) is 5.04. The SMILES string of the molecule is CCC1=NN2C(=N)C(=Cc3ccc(OCCOc4cc(C)cc(CC)c4)cc3)C(=O)N=C2S1. The number of aryl methyl sites for hydroxylation is 2. The first-order valence-corrected chi connectivity index (χ1v) is 11.7. The summed E-state index contributed by atoms with van der Waals surface area (Å²) in [7, 11) is 0. The number of amidine groups is 2. The Kier molecular flexibility index (Phi) is 6.93. The second-order valence-electron chi connectivity index (χ2n) is 7.64. The molecule has 0 saturated heterocycles. The zero-order chi connectivity index (χ0) is 23.4. The van der Waals surface area contributed by atoms with Crippen LogP contribution < -0.4 is 9.47 Å². The fraction of sp³-hybridized carbons (Fsp3) is 0.280. The van der Waals surface area contributed by atoms with Crippen molar-refractivity contribution in [2.45, 2.75) is 33.6 Å². The number of amides is 1. The maximum Gasteiger partial charge on any atom is 0.283 e. The quantitative estimate of drug-likeness (QED) is 0.438. The number of thioether (sulfide) groups is 1. The van der Waals surface area contributed by atoms with E-state index in [1.54, 1.807) is 6.08 Å². The molecule has 0 atom stereocenters. The maximum atomic E-state index is 12.4. The first-order valence-electron chi connectivity index (χ1n) is 10.9. The molecule has 7 nitrogen and oxygen atoms in total. The van der Waals surface area contributed by atoms with Gasteiger partial charge in [-0.3, -0.25) is 10.2 Å². The van der Waals surface area contributed by atoms with E-state index >= 15 is 0 Å². The summed E-state index contributed by atoms with van der Waals surface area (Å²) in [5.74, 6) is 1.18. The Morgan fingerprint density at radius 2 is 1.76 bits per heavy atom. The number of nitrogens with zero attached hydrogens (tertiary/aromatic N) is 3. The molecule has 8 heteroatoms. The average molecular weight is 463 g/mol. The van der Waals surface area contributed by atoms with Crippen molar-refractivity contribution in [3.63, 3.8) is 0 Å². The van der Waals surface area contributed by atoms with Gasteiger partial charge in [-0.25, -0.2) is 0 Å². The number of carbonyl (C=O) groups excluding carboxylic acids is 1. The van der Waals surface area contributed by atoms with E-state index in [-0.39, 0.29) is 11.4 Å². The van der Waals surface area contributed by atoms with Crippen LogP contribution in [0.4, 0.5) is 0 Å². The summed E-state index contributed by atoms with van der Waals surface area (Å²) < 4.78 is 11.6. The van der Waals surface area contributed by atoms with Gasteiger partial charge in [0.15, 0.2) is 5.84 Å². The number of nitrogens with one attached hydrogen (secondary N) is 1. The summed E-state index contributed by atoms with van der Waals surface area (Å²) in [5, 5.41) is 15.4. The predicted molar refractivity (Wildman–Crippen MR) is 133 cm³/mol. The summed E-state index contributed by atoms with van der Waals surface area (Å²) >= 11 is 1.33. The van der Waals surface area contributed by atoms with Crippen molar-refractivity contribution < 1.29 is 14.3 Å². The van der Waals surface area contributed by atoms with E-state index in [0.29, 0.717) is 24.1 Å². The topological polar surface area (TPSA) is 87.3 Å². The Bertz CT molecular complexity index is 1170. The molecule has 0 unspecified atom stereocenters. The lowest BCUT2D eigenvalue weighted by Gasteiger charge is -2.20. The van der Waals surface area contributed by atoms with Crippen molar-refractivity contribution in [2.24, 2.45) is 10.1 Å². The van der Waals surface area contributed by atoms with E-state index in [1.165, 1.54) is 27.9 Å². The summed E-state index contributed by atoms with van der Waals surface area (Å²) in [4.78, 5) is 16.5. The van der Waals surface area contributed by atoms with Gasteiger partial charge in [0.05, 0.1) is 5.57 Å². The van der Waals surface area contributed by atoms with E-state index in [0.717, 1.165) is 29.2 Å². The molecule has 0 spiro atoms. The molecule has 0 fully saturated rings. The van der Waals surface area contributed by atoms with Crippen molar-refractivity contribution in [3.05, 3.63) is 64.7 Å². The molecule has 2 heterocycles. The molecule has 0 saturated carbocycles. The highest BCUT2D eigenvalue weighted by atomic mass is 32.2. The van der Waals surface area contributed by atoms with Crippen LogP contribution in [0.1, 0.15) is 37.0 Å². The van der Waals surface area contributed by atoms with Gasteiger partial charge in [-0.1, -0.05) is 32.0 Å². The molecule has 2 aliphatic rings. The normalized spacial score (nSPS) is 16.6. The van der Waals surface area contributed by atoms with Crippen molar-refractivity contribution >= 4 is 39.8 Å². The molecule has 2 aromatic rings. The third kappa shape index (κ3) is 5.34. The number of benzene rings is 2. The van der Waals surface area contributed by atoms with Gasteiger partial charge >= 0.3 is 0 Å². The zero-order valence-corrected chi connectivity index (χ0v) is 19.7. The molecule has 2 aromatic carbocycles. The largest absolute Gasteiger partial charge is 0.490 e. The average Bonchev–Trinajstić information content (AvgIpc) is 3.23. The third-order valence-corrected chi connectivity index (χ3v) is 6.18. The third-order valence-electron chi connectivity index (χ3n) is 5.13. The Morgan fingerprint density at radius 3 is 2.45 bits per heavy atom. The van der Waals surface area contributed by atoms with Gasteiger partial charge in [0.2, 0.25) is 5.17 Å². The second kappa shape index (κ2) is 10.0. The van der Waals surface area contributed by atoms with E-state index < -0.39 is 5.91 Å². The van der Waals surface area contributed by atoms with Crippen molar-refractivity contribution in [2.75, 3.05) is 13.2 Å². The van der Waals surface area contributed by atoms with Crippen molar-refractivity contribution in [1.29, 1.82) is 5.41 Å². The molecule has 1 N–H and O–H groups in total. The monoisotopic (exact) mass is 462 g/mol. The summed E-state index contributed by atoms with van der Waals surface area (Å²) in [6, 6.07) is 13.6. The lowest BCUT2D eigenvalue weighted by molar-refractivity contribution is -0.114. The molecule has 0 bridgehead atoms. The fourth-order valence-corrected chi connectivity index (χ4v) is 4.26. The molecule has 33 heavy (non-hydrogen) atoms. The molecule has 170 valence electrons. The van der Waals surface area contributed by atoms with Gasteiger partial charge in [0, 0.05) is 0 Å². The van der Waals surface area contributed by atoms with Gasteiger partial charge in [0.1, 0.15) is 29.8 Å². The number of hydrogen-bond acceptors (Lipinski definition) is 6. The summed E-state index contributed by atoms with van der Waals surface area (Å²) in [6.07, 6.45) is 3.36. The minimum Gasteiger partial charge on any atom is -0.490 e. The molecule has 0 aromatic heterocycles. The Morgan fingerprint density at radius 1 is 1.03 bits per heavy atom. The molecule has 4 rings (SSSR count). The second-order valence-corrected chi connectivity index (χ2v) is 8.68. The highest BCUT2D eigenvalue weighted by Crippen LogP contribution is 2.29. The minimum atomic E-state index is -0.425. The van der Waals surface area contributed by atoms with E-state index in [1.807, 2.05) is 37.3 Å². The van der Waals surface area contributed by atoms with Gasteiger partial charge in [-0.15, -0.1) is 0 Å². The Balaban J connectivity index is 1.34. The van der Waals surface area contributed by atoms with Gasteiger partial charge in [0.25, 0.3) is 5.91 Å². The Hall–Kier alpha value is -3.39. The van der Waals surface area contributed by atoms with Crippen LogP contribution in [-0.2, 0) is 11.2 Å². The van der Waals surface area contributed by atoms with Crippen LogP contribution in [0.5, 0.6) is 11.5 Å². The summed E-state index contributed by atoms with van der Waals surface area (Å²) in [6.45, 7) is 7.03. The molecule has 1 amide bonds. The van der Waals surface area contributed by atoms with Gasteiger partial charge < -0.3 is 9.47 Å². The summed E-state index contributed by atoms with van der Waals surface area (Å²) in [5.41, 5.74) is 3.43. The first kappa shape index (κ1) is 22.8. The maximum absolute atomic E-state index is 12.4. The highest BCUT2D eigenvalue weighted by molar-refractivity contribution is 8.26. The van der Waals surface area contributed by atoms with Crippen molar-refractivity contribution in [1.82, 2.24) is 5.01 Å². The van der Waals surface area contributed by atoms with Crippen LogP contribution in [0.3, 0.4) is 0 Å². The standard InChI is InChI=1S/C25H26N4O3S/c1-4-17-12-16(3)13-20(14-17)32-11-10-31-19-8-6-18(7-9-19)15-21-23(26)29-25(27-24(21)30)33-22(5-2)28-29/h6-9,12-15,26H,4-5,10-11H2,1-3H3. The fourth-order valence-electron chi connectivity index (χ4n) is 3.43. The number of hydrogen-bond donors (Lipinski definition) is 1. The number of rotatable bonds is 8. The van der Waals surface area contributed by atoms with Gasteiger partial charge in [-0.05, 0) is 78.6 Å². The van der Waals surface area contributed by atoms with Crippen LogP contribution in [0, 0.1) is 12.3 Å². The number of aliphatic imine (C=N–C) groups is 1. The highest BCUT2D eigenvalue weighted by Gasteiger charge is 2.34. The molecule has 0 aliphatic carbocycles. The van der Waals surface area contributed by atoms with Crippen LogP contribution in [-0.4, -0.2) is 40.2 Å². The number of carbonyl (C=O) groups is 1. The van der Waals surface area contributed by atoms with E-state index in [9.17, 15) is 4.79 Å². The van der Waals surface area contributed by atoms with Crippen LogP contribution in [0.15, 0.2) is 58.1 Å². The van der Waals surface area contributed by atoms with Crippen LogP contribution in [0.25, 0.3) is 6.08 Å². The lowest BCUT2D eigenvalue weighted by Crippen LogP contribution is -2.35. The van der Waals surface area contributed by atoms with E-state index in [4.69, 9.17) is 14.9 Å². The van der Waals surface area contributed by atoms with Crippen molar-refractivity contribution in [3.8, 4) is 11.5 Å². The Labute approximate surface area is 197 Å². The zero-order valence-electron chi connectivity index (χ0n) is 18.9. The van der Waals surface area contributed by atoms with Gasteiger partial charge in [-0.2, -0.15) is 15.1 Å². The van der Waals surface area contributed by atoms with Crippen LogP contribution in [0.2, 0.25) is 0 Å². The molecule has 2 aliphatic heterocycles. The number of hydrazone groups is 1. The molecular weight excluding hydrogens is 436 g/mol. The van der Waals surface area contributed by atoms with Crippen LogP contribution >= 0.6 is 11.8 Å². The number of fused-ring (bicyclic) bond motifs is 1. The number of ether oxygens (including phenoxy) is 2. The molecule has 0 radical (unpaired) electrons. The molecular formula is C25H26N4O3S. The minimum absolute atomic E-state index is 0.0424. The van der Waals surface area contributed by atoms with E-state index in [2.05, 4.69) is 36.1 Å². The lowest BCUT2D eigenvalue weighted by atomic mass is 10.1. The smallest absolute Gasteiger partial charge is 0.283 e. The first-order chi connectivity index (χ1) is 16.0.